The molecule has 1 aromatic carbocycles. The zero-order valence-corrected chi connectivity index (χ0v) is 19.5. The number of carbonyl (C=O) groups excluding carboxylic acids is 1. The van der Waals surface area contributed by atoms with Crippen molar-refractivity contribution in [1.29, 1.82) is 0 Å². The molecule has 1 saturated heterocycles. The number of piperazine rings is 1. The van der Waals surface area contributed by atoms with Crippen LogP contribution in [0.1, 0.15) is 25.5 Å². The van der Waals surface area contributed by atoms with E-state index in [1.54, 1.807) is 15.9 Å². The number of thiophene rings is 1. The highest BCUT2D eigenvalue weighted by molar-refractivity contribution is 7.71. The van der Waals surface area contributed by atoms with Gasteiger partial charge in [0.1, 0.15) is 6.04 Å². The highest BCUT2D eigenvalue weighted by atomic mass is 32.1. The molecular formula is C22H28N6OS2. The summed E-state index contributed by atoms with van der Waals surface area (Å²) < 4.78 is 2.20. The van der Waals surface area contributed by atoms with Gasteiger partial charge in [0.05, 0.1) is 4.88 Å². The molecule has 1 atom stereocenters. The third kappa shape index (κ3) is 5.12. The molecule has 0 saturated carbocycles. The fourth-order valence-electron chi connectivity index (χ4n) is 3.82. The quantitative estimate of drug-likeness (QED) is 0.526. The molecule has 1 unspecified atom stereocenters. The molecule has 164 valence electrons. The summed E-state index contributed by atoms with van der Waals surface area (Å²) in [5, 5.41) is 12.1. The number of aromatic nitrogens is 3. The number of anilines is 1. The number of hydrogen-bond donors (Lipinski definition) is 2. The van der Waals surface area contributed by atoms with E-state index >= 15 is 0 Å². The summed E-state index contributed by atoms with van der Waals surface area (Å²) in [5.74, 6) is 0.555. The van der Waals surface area contributed by atoms with E-state index < -0.39 is 6.04 Å². The van der Waals surface area contributed by atoms with Crippen LogP contribution in [0.4, 0.5) is 5.69 Å². The maximum absolute atomic E-state index is 12.9. The predicted molar refractivity (Wildman–Crippen MR) is 128 cm³/mol. The summed E-state index contributed by atoms with van der Waals surface area (Å²) >= 11 is 6.94. The number of amides is 1. The van der Waals surface area contributed by atoms with Crippen molar-refractivity contribution in [1.82, 2.24) is 24.6 Å². The van der Waals surface area contributed by atoms with Crippen LogP contribution in [0.5, 0.6) is 0 Å². The van der Waals surface area contributed by atoms with Gasteiger partial charge in [-0.3, -0.25) is 19.4 Å². The second-order valence-electron chi connectivity index (χ2n) is 7.77. The zero-order valence-electron chi connectivity index (χ0n) is 17.9. The first-order chi connectivity index (χ1) is 15.0. The molecule has 2 aromatic heterocycles. The summed E-state index contributed by atoms with van der Waals surface area (Å²) in [5.41, 5.74) is 2.04. The second-order valence-corrected chi connectivity index (χ2v) is 9.11. The average molecular weight is 457 g/mol. The number of hydrogen-bond acceptors (Lipinski definition) is 6. The van der Waals surface area contributed by atoms with Crippen molar-refractivity contribution in [2.24, 2.45) is 0 Å². The predicted octanol–water partition coefficient (Wildman–Crippen LogP) is 4.01. The van der Waals surface area contributed by atoms with Gasteiger partial charge in [-0.15, -0.1) is 11.3 Å². The maximum Gasteiger partial charge on any atom is 0.247 e. The molecule has 9 heteroatoms. The normalized spacial score (nSPS) is 16.3. The van der Waals surface area contributed by atoms with E-state index in [1.165, 1.54) is 5.56 Å². The van der Waals surface area contributed by atoms with Crippen molar-refractivity contribution in [3.8, 4) is 10.7 Å². The Kier molecular flexibility index (Phi) is 6.96. The molecule has 3 aromatic rings. The van der Waals surface area contributed by atoms with Gasteiger partial charge in [-0.1, -0.05) is 25.1 Å². The molecular weight excluding hydrogens is 428 g/mol. The first-order valence-electron chi connectivity index (χ1n) is 10.6. The van der Waals surface area contributed by atoms with E-state index in [2.05, 4.69) is 44.4 Å². The van der Waals surface area contributed by atoms with Gasteiger partial charge in [-0.2, -0.15) is 5.10 Å². The smallest absolute Gasteiger partial charge is 0.247 e. The third-order valence-electron chi connectivity index (χ3n) is 5.75. The minimum Gasteiger partial charge on any atom is -0.324 e. The Labute approximate surface area is 191 Å². The van der Waals surface area contributed by atoms with Gasteiger partial charge in [0, 0.05) is 38.4 Å². The number of carbonyl (C=O) groups is 1. The molecule has 4 rings (SSSR count). The molecule has 2 N–H and O–H groups in total. The Morgan fingerprint density at radius 2 is 1.90 bits per heavy atom. The highest BCUT2D eigenvalue weighted by Crippen LogP contribution is 2.26. The number of benzene rings is 1. The Morgan fingerprint density at radius 1 is 1.19 bits per heavy atom. The fraction of sp³-hybridized carbons (Fsp3) is 0.409. The van der Waals surface area contributed by atoms with Crippen LogP contribution in [-0.2, 0) is 11.3 Å². The van der Waals surface area contributed by atoms with E-state index in [4.69, 9.17) is 12.2 Å². The molecule has 31 heavy (non-hydrogen) atoms. The van der Waals surface area contributed by atoms with E-state index in [0.717, 1.165) is 49.8 Å². The van der Waals surface area contributed by atoms with Crippen LogP contribution in [0.25, 0.3) is 10.7 Å². The van der Waals surface area contributed by atoms with Gasteiger partial charge < -0.3 is 10.2 Å². The van der Waals surface area contributed by atoms with Gasteiger partial charge in [0.15, 0.2) is 10.6 Å². The lowest BCUT2D eigenvalue weighted by molar-refractivity contribution is -0.118. The highest BCUT2D eigenvalue weighted by Gasteiger charge is 2.21. The van der Waals surface area contributed by atoms with E-state index in [0.29, 0.717) is 10.6 Å². The monoisotopic (exact) mass is 456 g/mol. The molecule has 0 bridgehead atoms. The Morgan fingerprint density at radius 3 is 2.55 bits per heavy atom. The standard InChI is InChI=1S/C22H28N6OS2/c1-3-26-10-12-27(13-11-26)15-17-6-8-18(9-7-17)23-21(29)16(2)28-20(24-25-22(28)30)19-5-4-14-31-19/h4-9,14,16H,3,10-13,15H2,1-2H3,(H,23,29)(H,25,30). The fourth-order valence-corrected chi connectivity index (χ4v) is 4.82. The van der Waals surface area contributed by atoms with Crippen molar-refractivity contribution in [3.05, 3.63) is 52.1 Å². The zero-order chi connectivity index (χ0) is 21.8. The molecule has 1 aliphatic heterocycles. The van der Waals surface area contributed by atoms with Crippen LogP contribution in [0.2, 0.25) is 0 Å². The SMILES string of the molecule is CCN1CCN(Cc2ccc(NC(=O)C(C)n3c(-c4cccs4)n[nH]c3=S)cc2)CC1. The number of aromatic amines is 1. The Hall–Kier alpha value is -2.33. The molecule has 0 radical (unpaired) electrons. The maximum atomic E-state index is 12.9. The van der Waals surface area contributed by atoms with Gasteiger partial charge in [0.2, 0.25) is 5.91 Å². The van der Waals surface area contributed by atoms with E-state index in [9.17, 15) is 4.79 Å². The summed E-state index contributed by atoms with van der Waals surface area (Å²) in [7, 11) is 0. The lowest BCUT2D eigenvalue weighted by atomic mass is 10.1. The number of likely N-dealkylation sites (N-methyl/N-ethyl adjacent to an activating group) is 1. The van der Waals surface area contributed by atoms with Crippen molar-refractivity contribution < 1.29 is 4.79 Å². The van der Waals surface area contributed by atoms with Crippen LogP contribution in [0, 0.1) is 4.77 Å². The molecule has 7 nitrogen and oxygen atoms in total. The summed E-state index contributed by atoms with van der Waals surface area (Å²) in [6.07, 6.45) is 0. The van der Waals surface area contributed by atoms with Gasteiger partial charge in [0.25, 0.3) is 0 Å². The first kappa shape index (κ1) is 21.9. The molecule has 0 aliphatic carbocycles. The van der Waals surface area contributed by atoms with Crippen molar-refractivity contribution >= 4 is 35.1 Å². The minimum atomic E-state index is -0.488. The summed E-state index contributed by atoms with van der Waals surface area (Å²) in [6, 6.07) is 11.6. The van der Waals surface area contributed by atoms with E-state index in [-0.39, 0.29) is 5.91 Å². The molecule has 3 heterocycles. The molecule has 1 aliphatic rings. The van der Waals surface area contributed by atoms with Crippen LogP contribution in [0.15, 0.2) is 41.8 Å². The molecule has 1 amide bonds. The Balaban J connectivity index is 1.38. The van der Waals surface area contributed by atoms with Crippen molar-refractivity contribution in [2.75, 3.05) is 38.0 Å². The average Bonchev–Trinajstić information content (AvgIpc) is 3.45. The van der Waals surface area contributed by atoms with Crippen LogP contribution < -0.4 is 5.32 Å². The number of rotatable bonds is 7. The van der Waals surface area contributed by atoms with Gasteiger partial charge in [-0.05, 0) is 54.8 Å². The van der Waals surface area contributed by atoms with E-state index in [1.807, 2.05) is 36.6 Å². The largest absolute Gasteiger partial charge is 0.324 e. The third-order valence-corrected chi connectivity index (χ3v) is 6.91. The summed E-state index contributed by atoms with van der Waals surface area (Å²) in [6.45, 7) is 10.6. The molecule has 1 fully saturated rings. The lowest BCUT2D eigenvalue weighted by Gasteiger charge is -2.34. The number of H-pyrrole nitrogens is 1. The van der Waals surface area contributed by atoms with Crippen LogP contribution in [-0.4, -0.2) is 63.2 Å². The Bertz CT molecular complexity index is 1050. The van der Waals surface area contributed by atoms with Crippen LogP contribution in [0.3, 0.4) is 0 Å². The van der Waals surface area contributed by atoms with Crippen molar-refractivity contribution in [2.45, 2.75) is 26.4 Å². The lowest BCUT2D eigenvalue weighted by Crippen LogP contribution is -2.45. The second kappa shape index (κ2) is 9.86. The van der Waals surface area contributed by atoms with Crippen LogP contribution >= 0.6 is 23.6 Å². The van der Waals surface area contributed by atoms with Crippen molar-refractivity contribution in [3.63, 3.8) is 0 Å². The number of nitrogens with one attached hydrogen (secondary N) is 2. The molecule has 0 spiro atoms. The van der Waals surface area contributed by atoms with Gasteiger partial charge in [-0.25, -0.2) is 0 Å². The first-order valence-corrected chi connectivity index (χ1v) is 11.9. The number of nitrogens with zero attached hydrogens (tertiary/aromatic N) is 4. The topological polar surface area (TPSA) is 69.2 Å². The minimum absolute atomic E-state index is 0.126. The van der Waals surface area contributed by atoms with Gasteiger partial charge >= 0.3 is 0 Å². The summed E-state index contributed by atoms with van der Waals surface area (Å²) in [4.78, 5) is 18.8.